The molecule has 0 saturated carbocycles. The van der Waals surface area contributed by atoms with E-state index in [2.05, 4.69) is 4.98 Å². The van der Waals surface area contributed by atoms with Gasteiger partial charge < -0.3 is 14.2 Å². The summed E-state index contributed by atoms with van der Waals surface area (Å²) in [6.45, 7) is 4.83. The second-order valence-corrected chi connectivity index (χ2v) is 6.50. The average Bonchev–Trinajstić information content (AvgIpc) is 3.22. The molecule has 0 aliphatic carbocycles. The van der Waals surface area contributed by atoms with Gasteiger partial charge in [0.2, 0.25) is 0 Å². The fraction of sp³-hybridized carbons (Fsp3) is 0.222. The largest absolute Gasteiger partial charge is 0.486 e. The zero-order valence-electron chi connectivity index (χ0n) is 13.8. The summed E-state index contributed by atoms with van der Waals surface area (Å²) >= 11 is 1.52. The number of hydrogen-bond acceptors (Lipinski definition) is 6. The number of nitrogens with zero attached hydrogens (tertiary/aromatic N) is 2. The molecule has 1 aliphatic heterocycles. The number of carbonyl (C=O) groups is 1. The van der Waals surface area contributed by atoms with E-state index in [1.807, 2.05) is 29.9 Å². The van der Waals surface area contributed by atoms with Gasteiger partial charge in [-0.15, -0.1) is 11.3 Å². The van der Waals surface area contributed by atoms with Gasteiger partial charge in [0, 0.05) is 29.0 Å². The monoisotopic (exact) mass is 356 g/mol. The summed E-state index contributed by atoms with van der Waals surface area (Å²) < 4.78 is 18.5. The molecule has 0 fully saturated rings. The van der Waals surface area contributed by atoms with Crippen LogP contribution in [0.4, 0.5) is 0 Å². The van der Waals surface area contributed by atoms with Crippen molar-refractivity contribution in [2.45, 2.75) is 13.8 Å². The summed E-state index contributed by atoms with van der Waals surface area (Å²) in [6, 6.07) is 6.94. The molecule has 128 valence electrons. The van der Waals surface area contributed by atoms with E-state index in [0.717, 1.165) is 16.5 Å². The molecule has 25 heavy (non-hydrogen) atoms. The number of esters is 1. The highest BCUT2D eigenvalue weighted by atomic mass is 32.1. The molecule has 0 atom stereocenters. The molecule has 0 radical (unpaired) electrons. The normalized spacial score (nSPS) is 12.9. The maximum absolute atomic E-state index is 12.6. The highest BCUT2D eigenvalue weighted by molar-refractivity contribution is 7.12. The summed E-state index contributed by atoms with van der Waals surface area (Å²) in [4.78, 5) is 16.9. The zero-order chi connectivity index (χ0) is 17.4. The Kier molecular flexibility index (Phi) is 3.93. The van der Waals surface area contributed by atoms with Gasteiger partial charge in [0.15, 0.2) is 16.6 Å². The highest BCUT2D eigenvalue weighted by Crippen LogP contribution is 2.34. The number of fused-ring (bicyclic) bond motifs is 1. The van der Waals surface area contributed by atoms with Crippen LogP contribution in [0, 0.1) is 13.8 Å². The third kappa shape index (κ3) is 2.87. The van der Waals surface area contributed by atoms with Gasteiger partial charge in [-0.2, -0.15) is 0 Å². The lowest BCUT2D eigenvalue weighted by Crippen LogP contribution is -2.15. The van der Waals surface area contributed by atoms with E-state index in [1.54, 1.807) is 24.4 Å². The average molecular weight is 356 g/mol. The van der Waals surface area contributed by atoms with Crippen molar-refractivity contribution in [3.63, 3.8) is 0 Å². The molecule has 4 rings (SSSR count). The minimum atomic E-state index is -0.410. The molecule has 3 heterocycles. The molecule has 0 saturated heterocycles. The van der Waals surface area contributed by atoms with Crippen LogP contribution in [0.1, 0.15) is 21.7 Å². The lowest BCUT2D eigenvalue weighted by Gasteiger charge is -2.18. The van der Waals surface area contributed by atoms with Crippen molar-refractivity contribution in [2.24, 2.45) is 0 Å². The Morgan fingerprint density at radius 3 is 2.76 bits per heavy atom. The molecule has 7 heteroatoms. The number of benzene rings is 1. The molecule has 1 aromatic carbocycles. The van der Waals surface area contributed by atoms with Crippen molar-refractivity contribution < 1.29 is 19.0 Å². The minimum Gasteiger partial charge on any atom is -0.486 e. The summed E-state index contributed by atoms with van der Waals surface area (Å²) in [5.41, 5.74) is 2.25. The maximum Gasteiger partial charge on any atom is 0.345 e. The molecule has 0 bridgehead atoms. The fourth-order valence-corrected chi connectivity index (χ4v) is 3.59. The van der Waals surface area contributed by atoms with Crippen molar-refractivity contribution in [1.29, 1.82) is 0 Å². The van der Waals surface area contributed by atoms with Crippen molar-refractivity contribution in [2.75, 3.05) is 13.2 Å². The topological polar surface area (TPSA) is 62.6 Å². The maximum atomic E-state index is 12.6. The molecule has 2 aromatic heterocycles. The molecule has 0 N–H and O–H groups in total. The molecule has 0 spiro atoms. The van der Waals surface area contributed by atoms with Gasteiger partial charge >= 0.3 is 5.97 Å². The predicted molar refractivity (Wildman–Crippen MR) is 93.3 cm³/mol. The molecular formula is C18H16N2O4S. The Hall–Kier alpha value is -2.80. The van der Waals surface area contributed by atoms with Crippen molar-refractivity contribution >= 4 is 17.3 Å². The Morgan fingerprint density at radius 2 is 2.00 bits per heavy atom. The van der Waals surface area contributed by atoms with Crippen molar-refractivity contribution in [1.82, 2.24) is 9.55 Å². The Balaban J connectivity index is 1.61. The standard InChI is InChI=1S/C18H16N2O4S/c1-11-9-14(12(2)20(11)18-19-5-8-25-18)17(21)24-13-3-4-15-16(10-13)23-7-6-22-15/h3-5,8-10H,6-7H2,1-2H3. The summed E-state index contributed by atoms with van der Waals surface area (Å²) in [7, 11) is 0. The Bertz CT molecular complexity index is 931. The predicted octanol–water partition coefficient (Wildman–Crippen LogP) is 3.54. The Labute approximate surface area is 148 Å². The third-order valence-electron chi connectivity index (χ3n) is 3.99. The smallest absolute Gasteiger partial charge is 0.345 e. The molecule has 3 aromatic rings. The van der Waals surface area contributed by atoms with Crippen molar-refractivity contribution in [3.8, 4) is 22.4 Å². The number of aromatic nitrogens is 2. The number of aryl methyl sites for hydroxylation is 1. The molecule has 1 aliphatic rings. The summed E-state index contributed by atoms with van der Waals surface area (Å²) in [6.07, 6.45) is 1.74. The molecule has 6 nitrogen and oxygen atoms in total. The summed E-state index contributed by atoms with van der Waals surface area (Å²) in [5, 5.41) is 2.73. The first-order valence-corrected chi connectivity index (χ1v) is 8.72. The number of rotatable bonds is 3. The van der Waals surface area contributed by atoms with E-state index in [-0.39, 0.29) is 0 Å². The van der Waals surface area contributed by atoms with E-state index < -0.39 is 5.97 Å². The van der Waals surface area contributed by atoms with Crippen LogP contribution in [0.2, 0.25) is 0 Å². The van der Waals surface area contributed by atoms with Gasteiger partial charge in [0.1, 0.15) is 19.0 Å². The van der Waals surface area contributed by atoms with Gasteiger partial charge in [-0.3, -0.25) is 4.57 Å². The van der Waals surface area contributed by atoms with Gasteiger partial charge in [-0.25, -0.2) is 9.78 Å². The SMILES string of the molecule is Cc1cc(C(=O)Oc2ccc3c(c2)OCCO3)c(C)n1-c1nccs1. The lowest BCUT2D eigenvalue weighted by atomic mass is 10.2. The first kappa shape index (κ1) is 15.7. The van der Waals surface area contributed by atoms with E-state index in [9.17, 15) is 4.79 Å². The Morgan fingerprint density at radius 1 is 1.20 bits per heavy atom. The van der Waals surface area contributed by atoms with Gasteiger partial charge in [-0.1, -0.05) is 0 Å². The molecular weight excluding hydrogens is 340 g/mol. The number of thiazole rings is 1. The fourth-order valence-electron chi connectivity index (χ4n) is 2.84. The van der Waals surface area contributed by atoms with E-state index in [1.165, 1.54) is 11.3 Å². The van der Waals surface area contributed by atoms with Crippen LogP contribution in [0.25, 0.3) is 5.13 Å². The van der Waals surface area contributed by atoms with Crippen molar-refractivity contribution in [3.05, 3.63) is 52.8 Å². The molecule has 0 unspecified atom stereocenters. The van der Waals surface area contributed by atoms with E-state index >= 15 is 0 Å². The third-order valence-corrected chi connectivity index (χ3v) is 4.74. The van der Waals surface area contributed by atoms with Crippen LogP contribution in [0.15, 0.2) is 35.8 Å². The number of carbonyl (C=O) groups excluding carboxylic acids is 1. The molecule has 0 amide bonds. The second-order valence-electron chi connectivity index (χ2n) is 5.63. The lowest BCUT2D eigenvalue weighted by molar-refractivity contribution is 0.0732. The van der Waals surface area contributed by atoms with E-state index in [0.29, 0.717) is 36.0 Å². The number of hydrogen-bond donors (Lipinski definition) is 0. The highest BCUT2D eigenvalue weighted by Gasteiger charge is 2.20. The first-order chi connectivity index (χ1) is 12.1. The minimum absolute atomic E-state index is 0.410. The number of ether oxygens (including phenoxy) is 3. The van der Waals surface area contributed by atoms with Crippen LogP contribution in [-0.4, -0.2) is 28.7 Å². The second kappa shape index (κ2) is 6.25. The summed E-state index contributed by atoms with van der Waals surface area (Å²) in [5.74, 6) is 1.26. The van der Waals surface area contributed by atoms with Gasteiger partial charge in [0.25, 0.3) is 0 Å². The van der Waals surface area contributed by atoms with Crippen LogP contribution in [0.5, 0.6) is 17.2 Å². The van der Waals surface area contributed by atoms with Gasteiger partial charge in [0.05, 0.1) is 5.56 Å². The zero-order valence-corrected chi connectivity index (χ0v) is 14.6. The van der Waals surface area contributed by atoms with E-state index in [4.69, 9.17) is 14.2 Å². The van der Waals surface area contributed by atoms with Gasteiger partial charge in [-0.05, 0) is 32.0 Å². The first-order valence-electron chi connectivity index (χ1n) is 7.84. The van der Waals surface area contributed by atoms with Crippen LogP contribution in [-0.2, 0) is 0 Å². The van der Waals surface area contributed by atoms with Crippen LogP contribution in [0.3, 0.4) is 0 Å². The quantitative estimate of drug-likeness (QED) is 0.531. The van der Waals surface area contributed by atoms with Crippen LogP contribution < -0.4 is 14.2 Å². The van der Waals surface area contributed by atoms with Crippen LogP contribution >= 0.6 is 11.3 Å².